The van der Waals surface area contributed by atoms with E-state index < -0.39 is 0 Å². The molecule has 144 valence electrons. The fraction of sp³-hybridized carbons (Fsp3) is 0.400. The van der Waals surface area contributed by atoms with Crippen molar-refractivity contribution < 1.29 is 19.0 Å². The molecule has 1 amide bonds. The number of carbonyl (C=O) groups is 1. The molecule has 0 saturated heterocycles. The number of aryl methyl sites for hydroxylation is 2. The van der Waals surface area contributed by atoms with Crippen LogP contribution in [-0.4, -0.2) is 33.5 Å². The summed E-state index contributed by atoms with van der Waals surface area (Å²) in [6, 6.07) is 5.57. The molecule has 0 radical (unpaired) electrons. The molecule has 0 aliphatic heterocycles. The molecule has 6 nitrogen and oxygen atoms in total. The smallest absolute Gasteiger partial charge is 0.281 e. The summed E-state index contributed by atoms with van der Waals surface area (Å²) in [6.45, 7) is 0. The molecule has 1 aromatic heterocycles. The van der Waals surface area contributed by atoms with Crippen LogP contribution in [0.25, 0.3) is 0 Å². The van der Waals surface area contributed by atoms with Gasteiger partial charge in [-0.15, -0.1) is 11.3 Å². The van der Waals surface area contributed by atoms with E-state index in [1.54, 1.807) is 44.8 Å². The van der Waals surface area contributed by atoms with Crippen LogP contribution in [0.4, 0.5) is 0 Å². The molecule has 0 bridgehead atoms. The number of hydrogen-bond donors (Lipinski definition) is 1. The first-order chi connectivity index (χ1) is 13.2. The third kappa shape index (κ3) is 4.24. The Morgan fingerprint density at radius 1 is 1.07 bits per heavy atom. The minimum Gasteiger partial charge on any atom is -0.493 e. The van der Waals surface area contributed by atoms with Gasteiger partial charge in [0, 0.05) is 10.4 Å². The van der Waals surface area contributed by atoms with Crippen LogP contribution in [0.3, 0.4) is 0 Å². The van der Waals surface area contributed by atoms with Crippen LogP contribution in [0.1, 0.15) is 44.9 Å². The fourth-order valence-corrected chi connectivity index (χ4v) is 4.36. The number of thiophene rings is 1. The lowest BCUT2D eigenvalue weighted by Crippen LogP contribution is -2.16. The summed E-state index contributed by atoms with van der Waals surface area (Å²) in [4.78, 5) is 14.5. The van der Waals surface area contributed by atoms with Crippen LogP contribution >= 0.6 is 11.3 Å². The number of nitrogens with zero attached hydrogens (tertiary/aromatic N) is 1. The topological polar surface area (TPSA) is 69.2 Å². The van der Waals surface area contributed by atoms with Crippen molar-refractivity contribution in [2.45, 2.75) is 32.1 Å². The van der Waals surface area contributed by atoms with Gasteiger partial charge < -0.3 is 14.2 Å². The first-order valence-electron chi connectivity index (χ1n) is 8.92. The Morgan fingerprint density at radius 2 is 1.85 bits per heavy atom. The number of methoxy groups -OCH3 is 3. The second kappa shape index (κ2) is 8.90. The Morgan fingerprint density at radius 3 is 2.59 bits per heavy atom. The largest absolute Gasteiger partial charge is 0.493 e. The van der Waals surface area contributed by atoms with Crippen molar-refractivity contribution in [2.75, 3.05) is 21.3 Å². The molecule has 0 saturated carbocycles. The molecule has 2 aromatic rings. The number of fused-ring (bicyclic) bond motifs is 1. The monoisotopic (exact) mass is 388 g/mol. The minimum atomic E-state index is -0.191. The first kappa shape index (κ1) is 19.2. The minimum absolute atomic E-state index is 0.191. The van der Waals surface area contributed by atoms with Crippen LogP contribution in [0, 0.1) is 0 Å². The summed E-state index contributed by atoms with van der Waals surface area (Å²) in [7, 11) is 4.66. The molecule has 3 rings (SSSR count). The lowest BCUT2D eigenvalue weighted by Gasteiger charge is -2.13. The zero-order valence-electron chi connectivity index (χ0n) is 15.8. The Labute approximate surface area is 163 Å². The van der Waals surface area contributed by atoms with Crippen molar-refractivity contribution in [2.24, 2.45) is 5.10 Å². The summed E-state index contributed by atoms with van der Waals surface area (Å²) in [5, 5.41) is 4.09. The summed E-state index contributed by atoms with van der Waals surface area (Å²) >= 11 is 1.57. The third-order valence-corrected chi connectivity index (χ3v) is 5.81. The number of carbonyl (C=O) groups excluding carboxylic acids is 1. The highest BCUT2D eigenvalue weighted by Crippen LogP contribution is 2.39. The quantitative estimate of drug-likeness (QED) is 0.464. The highest BCUT2D eigenvalue weighted by molar-refractivity contribution is 7.14. The van der Waals surface area contributed by atoms with Gasteiger partial charge in [-0.2, -0.15) is 5.10 Å². The summed E-state index contributed by atoms with van der Waals surface area (Å²) in [5.74, 6) is 1.36. The number of benzene rings is 1. The van der Waals surface area contributed by atoms with Gasteiger partial charge in [-0.1, -0.05) is 6.42 Å². The maximum atomic E-state index is 12.4. The fourth-order valence-electron chi connectivity index (χ4n) is 3.22. The average Bonchev–Trinajstić information content (AvgIpc) is 2.97. The summed E-state index contributed by atoms with van der Waals surface area (Å²) in [5.41, 5.74) is 4.59. The van der Waals surface area contributed by atoms with Crippen molar-refractivity contribution >= 4 is 23.5 Å². The number of rotatable bonds is 6. The Kier molecular flexibility index (Phi) is 6.34. The van der Waals surface area contributed by atoms with Gasteiger partial charge in [0.25, 0.3) is 5.91 Å². The molecule has 0 spiro atoms. The van der Waals surface area contributed by atoms with E-state index in [-0.39, 0.29) is 5.91 Å². The molecule has 0 unspecified atom stereocenters. The maximum Gasteiger partial charge on any atom is 0.281 e. The van der Waals surface area contributed by atoms with Crippen LogP contribution in [0.2, 0.25) is 0 Å². The molecule has 1 aliphatic rings. The van der Waals surface area contributed by atoms with Crippen LogP contribution in [0.15, 0.2) is 23.3 Å². The van der Waals surface area contributed by atoms with Gasteiger partial charge >= 0.3 is 0 Å². The van der Waals surface area contributed by atoms with Crippen LogP contribution < -0.4 is 19.6 Å². The molecule has 0 atom stereocenters. The van der Waals surface area contributed by atoms with E-state index in [2.05, 4.69) is 10.5 Å². The van der Waals surface area contributed by atoms with Gasteiger partial charge in [-0.25, -0.2) is 5.43 Å². The molecular weight excluding hydrogens is 364 g/mol. The number of hydrogen-bond acceptors (Lipinski definition) is 6. The molecule has 27 heavy (non-hydrogen) atoms. The normalized spacial score (nSPS) is 13.7. The Bertz CT molecular complexity index is 821. The molecule has 7 heteroatoms. The van der Waals surface area contributed by atoms with Crippen molar-refractivity contribution in [1.82, 2.24) is 5.43 Å². The van der Waals surface area contributed by atoms with Gasteiger partial charge in [0.15, 0.2) is 11.5 Å². The molecule has 1 N–H and O–H groups in total. The summed E-state index contributed by atoms with van der Waals surface area (Å²) < 4.78 is 16.0. The van der Waals surface area contributed by atoms with E-state index in [1.807, 2.05) is 6.07 Å². The second-order valence-electron chi connectivity index (χ2n) is 6.24. The van der Waals surface area contributed by atoms with E-state index in [1.165, 1.54) is 35.9 Å². The van der Waals surface area contributed by atoms with E-state index in [9.17, 15) is 4.79 Å². The van der Waals surface area contributed by atoms with Crippen molar-refractivity contribution in [3.63, 3.8) is 0 Å². The number of nitrogens with one attached hydrogen (secondary N) is 1. The van der Waals surface area contributed by atoms with Crippen molar-refractivity contribution in [3.8, 4) is 17.2 Å². The Balaban J connectivity index is 1.73. The van der Waals surface area contributed by atoms with Gasteiger partial charge in [-0.3, -0.25) is 4.79 Å². The zero-order chi connectivity index (χ0) is 19.2. The van der Waals surface area contributed by atoms with E-state index in [4.69, 9.17) is 14.2 Å². The van der Waals surface area contributed by atoms with Crippen LogP contribution in [-0.2, 0) is 12.8 Å². The predicted molar refractivity (Wildman–Crippen MR) is 107 cm³/mol. The highest BCUT2D eigenvalue weighted by atomic mass is 32.1. The standard InChI is InChI=1S/C20H24N2O4S/c1-24-15-10-9-14(18(25-2)19(15)26-3)12-21-22-20(23)17-11-13-7-5-4-6-8-16(13)27-17/h9-12H,4-8H2,1-3H3,(H,22,23)/b21-12-. The lowest BCUT2D eigenvalue weighted by atomic mass is 10.1. The molecule has 0 fully saturated rings. The van der Waals surface area contributed by atoms with Gasteiger partial charge in [-0.05, 0) is 49.4 Å². The number of amides is 1. The van der Waals surface area contributed by atoms with E-state index >= 15 is 0 Å². The third-order valence-electron chi connectivity index (χ3n) is 4.57. The predicted octanol–water partition coefficient (Wildman–Crippen LogP) is 3.81. The highest BCUT2D eigenvalue weighted by Gasteiger charge is 2.17. The molecule has 1 heterocycles. The number of hydrazone groups is 1. The SMILES string of the molecule is COc1ccc(/C=N\NC(=O)c2cc3c(s2)CCCCC3)c(OC)c1OC. The first-order valence-corrected chi connectivity index (χ1v) is 9.73. The van der Waals surface area contributed by atoms with Gasteiger partial charge in [0.05, 0.1) is 32.4 Å². The van der Waals surface area contributed by atoms with Gasteiger partial charge in [0.2, 0.25) is 5.75 Å². The molecule has 1 aromatic carbocycles. The van der Waals surface area contributed by atoms with Crippen LogP contribution in [0.5, 0.6) is 17.2 Å². The van der Waals surface area contributed by atoms with E-state index in [0.717, 1.165) is 12.8 Å². The lowest BCUT2D eigenvalue weighted by molar-refractivity contribution is 0.0959. The van der Waals surface area contributed by atoms with Gasteiger partial charge in [0.1, 0.15) is 0 Å². The Hall–Kier alpha value is -2.54. The maximum absolute atomic E-state index is 12.4. The van der Waals surface area contributed by atoms with E-state index in [0.29, 0.717) is 27.7 Å². The van der Waals surface area contributed by atoms with Crippen molar-refractivity contribution in [3.05, 3.63) is 39.1 Å². The average molecular weight is 388 g/mol. The molecule has 1 aliphatic carbocycles. The second-order valence-corrected chi connectivity index (χ2v) is 7.38. The molecular formula is C20H24N2O4S. The summed E-state index contributed by atoms with van der Waals surface area (Å²) in [6.07, 6.45) is 7.33. The zero-order valence-corrected chi connectivity index (χ0v) is 16.6. The number of ether oxygens (including phenoxy) is 3. The van der Waals surface area contributed by atoms with Crippen molar-refractivity contribution in [1.29, 1.82) is 0 Å².